The summed E-state index contributed by atoms with van der Waals surface area (Å²) in [6.45, 7) is 6.07. The minimum atomic E-state index is 0.326. The van der Waals surface area contributed by atoms with Crippen molar-refractivity contribution in [3.63, 3.8) is 0 Å². The highest BCUT2D eigenvalue weighted by Crippen LogP contribution is 2.02. The van der Waals surface area contributed by atoms with Crippen LogP contribution >= 0.6 is 0 Å². The molecule has 0 amide bonds. The predicted octanol–water partition coefficient (Wildman–Crippen LogP) is 3.72. The fourth-order valence-corrected chi connectivity index (χ4v) is 1.34. The molecule has 3 nitrogen and oxygen atoms in total. The number of hydrogen-bond acceptors (Lipinski definition) is 3. The van der Waals surface area contributed by atoms with Crippen LogP contribution in [0.2, 0.25) is 0 Å². The van der Waals surface area contributed by atoms with Crippen molar-refractivity contribution in [2.75, 3.05) is 0 Å². The second-order valence-corrected chi connectivity index (χ2v) is 3.94. The summed E-state index contributed by atoms with van der Waals surface area (Å²) in [6, 6.07) is 9.85. The van der Waals surface area contributed by atoms with E-state index < -0.39 is 0 Å². The maximum atomic E-state index is 5.74. The molecule has 0 aliphatic rings. The van der Waals surface area contributed by atoms with E-state index in [4.69, 9.17) is 10.5 Å². The van der Waals surface area contributed by atoms with E-state index in [2.05, 4.69) is 11.6 Å². The van der Waals surface area contributed by atoms with E-state index in [1.165, 1.54) is 0 Å². The van der Waals surface area contributed by atoms with Gasteiger partial charge in [-0.3, -0.25) is 4.99 Å². The van der Waals surface area contributed by atoms with Gasteiger partial charge in [0.25, 0.3) is 0 Å². The third-order valence-corrected chi connectivity index (χ3v) is 2.38. The zero-order valence-electron chi connectivity index (χ0n) is 11.7. The molecular formula is C17H20N2O. The standard InChI is InChI=1S/C17H20N2O/c1-3-5-11-16(4-2)19-13-12-17(18)20-14-15-9-7-6-8-10-15/h3-13H,2,14,18H2,1H3/b5-3-,16-11+,17-12?,19-13?. The van der Waals surface area contributed by atoms with Gasteiger partial charge in [0.05, 0.1) is 5.70 Å². The molecular weight excluding hydrogens is 248 g/mol. The molecule has 0 fully saturated rings. The first kappa shape index (κ1) is 15.5. The van der Waals surface area contributed by atoms with Crippen molar-refractivity contribution in [2.45, 2.75) is 13.5 Å². The lowest BCUT2D eigenvalue weighted by molar-refractivity contribution is 0.196. The first-order valence-corrected chi connectivity index (χ1v) is 6.38. The van der Waals surface area contributed by atoms with E-state index in [0.717, 1.165) is 11.3 Å². The van der Waals surface area contributed by atoms with E-state index in [-0.39, 0.29) is 0 Å². The molecule has 0 atom stereocenters. The van der Waals surface area contributed by atoms with Crippen LogP contribution in [-0.2, 0) is 11.3 Å². The third-order valence-electron chi connectivity index (χ3n) is 2.38. The van der Waals surface area contributed by atoms with Crippen molar-refractivity contribution in [2.24, 2.45) is 10.7 Å². The molecule has 0 unspecified atom stereocenters. The molecule has 1 aromatic carbocycles. The Morgan fingerprint density at radius 2 is 2.05 bits per heavy atom. The average molecular weight is 268 g/mol. The zero-order chi connectivity index (χ0) is 14.6. The molecule has 0 aliphatic heterocycles. The number of hydrogen-bond donors (Lipinski definition) is 1. The van der Waals surface area contributed by atoms with Crippen LogP contribution in [0.5, 0.6) is 0 Å². The van der Waals surface area contributed by atoms with Gasteiger partial charge >= 0.3 is 0 Å². The Balaban J connectivity index is 2.50. The van der Waals surface area contributed by atoms with Crippen LogP contribution in [0.3, 0.4) is 0 Å². The predicted molar refractivity (Wildman–Crippen MR) is 85.1 cm³/mol. The minimum Gasteiger partial charge on any atom is -0.474 e. The van der Waals surface area contributed by atoms with Gasteiger partial charge in [-0.05, 0) is 24.6 Å². The number of allylic oxidation sites excluding steroid dienone is 5. The maximum absolute atomic E-state index is 5.74. The fourth-order valence-electron chi connectivity index (χ4n) is 1.34. The molecule has 20 heavy (non-hydrogen) atoms. The molecule has 0 spiro atoms. The fraction of sp³-hybridized carbons (Fsp3) is 0.118. The minimum absolute atomic E-state index is 0.326. The highest BCUT2D eigenvalue weighted by molar-refractivity contribution is 5.73. The first-order valence-electron chi connectivity index (χ1n) is 6.38. The number of ether oxygens (including phenoxy) is 1. The Labute approximate surface area is 120 Å². The highest BCUT2D eigenvalue weighted by atomic mass is 16.5. The molecule has 0 heterocycles. The maximum Gasteiger partial charge on any atom is 0.185 e. The Kier molecular flexibility index (Phi) is 7.28. The average Bonchev–Trinajstić information content (AvgIpc) is 2.49. The van der Waals surface area contributed by atoms with E-state index in [9.17, 15) is 0 Å². The summed E-state index contributed by atoms with van der Waals surface area (Å²) < 4.78 is 5.41. The number of rotatable bonds is 7. The second kappa shape index (κ2) is 9.39. The van der Waals surface area contributed by atoms with Gasteiger partial charge in [0, 0.05) is 12.3 Å². The number of benzene rings is 1. The van der Waals surface area contributed by atoms with Crippen LogP contribution in [0.4, 0.5) is 0 Å². The molecule has 0 bridgehead atoms. The summed E-state index contributed by atoms with van der Waals surface area (Å²) in [5.74, 6) is 0.326. The monoisotopic (exact) mass is 268 g/mol. The quantitative estimate of drug-likeness (QED) is 0.465. The van der Waals surface area contributed by atoms with E-state index in [1.54, 1.807) is 18.4 Å². The van der Waals surface area contributed by atoms with Crippen LogP contribution in [0.1, 0.15) is 12.5 Å². The topological polar surface area (TPSA) is 47.6 Å². The number of nitrogens with two attached hydrogens (primary N) is 1. The van der Waals surface area contributed by atoms with Crippen molar-refractivity contribution in [3.05, 3.63) is 84.4 Å². The van der Waals surface area contributed by atoms with Crippen molar-refractivity contribution >= 4 is 6.21 Å². The van der Waals surface area contributed by atoms with Crippen LogP contribution in [-0.4, -0.2) is 6.21 Å². The Morgan fingerprint density at radius 1 is 1.30 bits per heavy atom. The lowest BCUT2D eigenvalue weighted by Crippen LogP contribution is -2.03. The van der Waals surface area contributed by atoms with E-state index in [1.807, 2.05) is 55.5 Å². The highest BCUT2D eigenvalue weighted by Gasteiger charge is 1.92. The van der Waals surface area contributed by atoms with Gasteiger partial charge in [-0.25, -0.2) is 0 Å². The largest absolute Gasteiger partial charge is 0.474 e. The Bertz CT molecular complexity index is 525. The van der Waals surface area contributed by atoms with Gasteiger partial charge < -0.3 is 10.5 Å². The number of nitrogens with zero attached hydrogens (tertiary/aromatic N) is 1. The van der Waals surface area contributed by atoms with Crippen molar-refractivity contribution in [1.29, 1.82) is 0 Å². The molecule has 0 aliphatic carbocycles. The summed E-state index contributed by atoms with van der Waals surface area (Å²) in [4.78, 5) is 4.21. The summed E-state index contributed by atoms with van der Waals surface area (Å²) >= 11 is 0. The molecule has 3 heteroatoms. The molecule has 0 saturated heterocycles. The molecule has 0 saturated carbocycles. The SMILES string of the molecule is C=C/C(=C\C=C/C)N=CC=C(N)OCc1ccccc1. The van der Waals surface area contributed by atoms with Crippen LogP contribution in [0, 0.1) is 0 Å². The van der Waals surface area contributed by atoms with Crippen LogP contribution in [0.25, 0.3) is 0 Å². The van der Waals surface area contributed by atoms with E-state index >= 15 is 0 Å². The van der Waals surface area contributed by atoms with Gasteiger partial charge in [-0.2, -0.15) is 0 Å². The molecule has 0 aromatic heterocycles. The normalized spacial score (nSPS) is 13.1. The lowest BCUT2D eigenvalue weighted by atomic mass is 10.2. The molecule has 0 radical (unpaired) electrons. The second-order valence-electron chi connectivity index (χ2n) is 3.94. The van der Waals surface area contributed by atoms with Gasteiger partial charge in [0.2, 0.25) is 0 Å². The first-order chi connectivity index (χ1) is 9.76. The summed E-state index contributed by atoms with van der Waals surface area (Å²) in [5, 5.41) is 0. The van der Waals surface area contributed by atoms with Crippen molar-refractivity contribution in [3.8, 4) is 0 Å². The van der Waals surface area contributed by atoms with Crippen molar-refractivity contribution in [1.82, 2.24) is 0 Å². The summed E-state index contributed by atoms with van der Waals surface area (Å²) in [7, 11) is 0. The molecule has 1 rings (SSSR count). The van der Waals surface area contributed by atoms with Gasteiger partial charge in [-0.1, -0.05) is 49.1 Å². The Morgan fingerprint density at radius 3 is 2.70 bits per heavy atom. The molecule has 2 N–H and O–H groups in total. The van der Waals surface area contributed by atoms with E-state index in [0.29, 0.717) is 12.5 Å². The smallest absolute Gasteiger partial charge is 0.185 e. The van der Waals surface area contributed by atoms with Crippen LogP contribution < -0.4 is 5.73 Å². The van der Waals surface area contributed by atoms with Gasteiger partial charge in [0.15, 0.2) is 5.88 Å². The third kappa shape index (κ3) is 6.40. The summed E-state index contributed by atoms with van der Waals surface area (Å²) in [6.07, 6.45) is 10.6. The van der Waals surface area contributed by atoms with Crippen molar-refractivity contribution < 1.29 is 4.74 Å². The van der Waals surface area contributed by atoms with Gasteiger partial charge in [0.1, 0.15) is 6.61 Å². The lowest BCUT2D eigenvalue weighted by Gasteiger charge is -2.04. The van der Waals surface area contributed by atoms with Gasteiger partial charge in [-0.15, -0.1) is 0 Å². The zero-order valence-corrected chi connectivity index (χ0v) is 11.7. The number of aliphatic imine (C=N–C) groups is 1. The van der Waals surface area contributed by atoms with Crippen LogP contribution in [0.15, 0.2) is 83.9 Å². The Hall–Kier alpha value is -2.55. The summed E-state index contributed by atoms with van der Waals surface area (Å²) in [5.41, 5.74) is 7.57. The molecule has 1 aromatic rings. The molecule has 104 valence electrons.